The minimum atomic E-state index is -4.59. The van der Waals surface area contributed by atoms with E-state index in [9.17, 15) is 32.2 Å². The van der Waals surface area contributed by atoms with E-state index in [4.69, 9.17) is 0 Å². The summed E-state index contributed by atoms with van der Waals surface area (Å²) in [6.45, 7) is 1.71. The highest BCUT2D eigenvalue weighted by atomic mass is 32.2. The molecule has 0 saturated carbocycles. The molecule has 0 aromatic heterocycles. The maximum atomic E-state index is 13.2. The number of ketones is 1. The second kappa shape index (κ2) is 8.48. The minimum absolute atomic E-state index is 0.000150. The van der Waals surface area contributed by atoms with Crippen molar-refractivity contribution in [1.82, 2.24) is 5.32 Å². The molecule has 1 heterocycles. The molecule has 6 nitrogen and oxygen atoms in total. The van der Waals surface area contributed by atoms with Crippen LogP contribution in [-0.4, -0.2) is 21.8 Å². The standard InChI is InChI=1S/C23H18F3N3O3S/c1-2-33(32)19-10-13(12-27)6-7-16(19)21-20-17(8-9-18(20)30)29(22(31)28-21)15-5-3-4-14(11-15)23(24,25)26/h3-7,10-11,21H,2,8-9H2,1H3,(H,28,31)/t21-,33?/m0/s1. The molecular weight excluding hydrogens is 455 g/mol. The molecule has 1 aliphatic carbocycles. The molecule has 0 spiro atoms. The zero-order chi connectivity index (χ0) is 23.9. The number of Topliss-reactive ketones (excluding diaryl/α,β-unsaturated/α-hetero) is 1. The molecule has 10 heteroatoms. The molecule has 0 bridgehead atoms. The molecule has 170 valence electrons. The monoisotopic (exact) mass is 473 g/mol. The number of amides is 2. The summed E-state index contributed by atoms with van der Waals surface area (Å²) in [6.07, 6.45) is -4.29. The third kappa shape index (κ3) is 4.04. The van der Waals surface area contributed by atoms with Crippen LogP contribution in [0.15, 0.2) is 58.6 Å². The van der Waals surface area contributed by atoms with Gasteiger partial charge in [0.25, 0.3) is 0 Å². The number of nitrogens with one attached hydrogen (secondary N) is 1. The Bertz CT molecular complexity index is 1260. The lowest BCUT2D eigenvalue weighted by molar-refractivity contribution is -0.137. The van der Waals surface area contributed by atoms with Crippen LogP contribution < -0.4 is 10.2 Å². The van der Waals surface area contributed by atoms with E-state index in [0.717, 1.165) is 17.0 Å². The summed E-state index contributed by atoms with van der Waals surface area (Å²) >= 11 is 0. The van der Waals surface area contributed by atoms with Gasteiger partial charge in [0.15, 0.2) is 5.78 Å². The first-order valence-electron chi connectivity index (χ1n) is 10.1. The van der Waals surface area contributed by atoms with Gasteiger partial charge in [0.05, 0.1) is 39.7 Å². The van der Waals surface area contributed by atoms with Crippen molar-refractivity contribution < 1.29 is 27.0 Å². The van der Waals surface area contributed by atoms with Crippen LogP contribution in [0.3, 0.4) is 0 Å². The number of hydrogen-bond acceptors (Lipinski definition) is 4. The predicted octanol–water partition coefficient (Wildman–Crippen LogP) is 4.59. The van der Waals surface area contributed by atoms with E-state index in [1.165, 1.54) is 24.3 Å². The van der Waals surface area contributed by atoms with Crippen molar-refractivity contribution in [3.8, 4) is 6.07 Å². The SMILES string of the molecule is CCS(=O)c1cc(C#N)ccc1[C@@H]1NC(=O)N(c2cccc(C(F)(F)F)c2)C2=C1C(=O)CC2. The Kier molecular flexibility index (Phi) is 5.84. The number of urea groups is 1. The van der Waals surface area contributed by atoms with Crippen molar-refractivity contribution in [3.05, 3.63) is 70.4 Å². The number of anilines is 1. The summed E-state index contributed by atoms with van der Waals surface area (Å²) in [4.78, 5) is 27.4. The number of carbonyl (C=O) groups excluding carboxylic acids is 2. The molecule has 0 fully saturated rings. The van der Waals surface area contributed by atoms with Crippen LogP contribution >= 0.6 is 0 Å². The largest absolute Gasteiger partial charge is 0.416 e. The highest BCUT2D eigenvalue weighted by Crippen LogP contribution is 2.42. The molecule has 2 atom stereocenters. The molecule has 1 N–H and O–H groups in total. The topological polar surface area (TPSA) is 90.3 Å². The van der Waals surface area contributed by atoms with Crippen LogP contribution in [0.5, 0.6) is 0 Å². The number of rotatable bonds is 4. The van der Waals surface area contributed by atoms with Crippen molar-refractivity contribution in [3.63, 3.8) is 0 Å². The first kappa shape index (κ1) is 22.7. The average Bonchev–Trinajstić information content (AvgIpc) is 3.18. The van der Waals surface area contributed by atoms with Crippen LogP contribution in [0.1, 0.15) is 42.5 Å². The highest BCUT2D eigenvalue weighted by Gasteiger charge is 2.42. The fraction of sp³-hybridized carbons (Fsp3) is 0.261. The number of halogens is 3. The van der Waals surface area contributed by atoms with Gasteiger partial charge in [0.2, 0.25) is 0 Å². The van der Waals surface area contributed by atoms with Gasteiger partial charge in [-0.2, -0.15) is 18.4 Å². The van der Waals surface area contributed by atoms with Crippen molar-refractivity contribution >= 4 is 28.3 Å². The molecule has 2 amide bonds. The summed E-state index contributed by atoms with van der Waals surface area (Å²) in [7, 11) is -1.48. The molecular formula is C23H18F3N3O3S. The van der Waals surface area contributed by atoms with Crippen LogP contribution in [0.25, 0.3) is 0 Å². The first-order chi connectivity index (χ1) is 15.7. The third-order valence-electron chi connectivity index (χ3n) is 5.62. The van der Waals surface area contributed by atoms with Gasteiger partial charge in [-0.25, -0.2) is 4.79 Å². The Balaban J connectivity index is 1.86. The molecule has 2 aliphatic rings. The van der Waals surface area contributed by atoms with Crippen LogP contribution in [-0.2, 0) is 21.8 Å². The molecule has 1 aliphatic heterocycles. The number of nitriles is 1. The van der Waals surface area contributed by atoms with Crippen LogP contribution in [0, 0.1) is 11.3 Å². The summed E-state index contributed by atoms with van der Waals surface area (Å²) in [6, 6.07) is 9.28. The van der Waals surface area contributed by atoms with Gasteiger partial charge in [-0.15, -0.1) is 0 Å². The number of allylic oxidation sites excluding steroid dienone is 1. The number of nitrogens with zero attached hydrogens (tertiary/aromatic N) is 2. The van der Waals surface area contributed by atoms with E-state index >= 15 is 0 Å². The summed E-state index contributed by atoms with van der Waals surface area (Å²) < 4.78 is 52.4. The zero-order valence-corrected chi connectivity index (χ0v) is 18.2. The Morgan fingerprint density at radius 1 is 1.18 bits per heavy atom. The highest BCUT2D eigenvalue weighted by molar-refractivity contribution is 7.85. The summed E-state index contributed by atoms with van der Waals surface area (Å²) in [5, 5.41) is 11.9. The summed E-state index contributed by atoms with van der Waals surface area (Å²) in [5.41, 5.74) is 0.384. The Morgan fingerprint density at radius 3 is 2.61 bits per heavy atom. The van der Waals surface area contributed by atoms with Crippen molar-refractivity contribution in [2.24, 2.45) is 0 Å². The number of carbonyl (C=O) groups is 2. The van der Waals surface area contributed by atoms with E-state index in [0.29, 0.717) is 16.2 Å². The normalized spacial score (nSPS) is 19.2. The maximum Gasteiger partial charge on any atom is 0.416 e. The molecule has 4 rings (SSSR count). The van der Waals surface area contributed by atoms with Crippen LogP contribution in [0.2, 0.25) is 0 Å². The molecule has 33 heavy (non-hydrogen) atoms. The lowest BCUT2D eigenvalue weighted by Gasteiger charge is -2.35. The predicted molar refractivity (Wildman–Crippen MR) is 115 cm³/mol. The fourth-order valence-electron chi connectivity index (χ4n) is 4.13. The molecule has 0 radical (unpaired) electrons. The minimum Gasteiger partial charge on any atom is -0.326 e. The van der Waals surface area contributed by atoms with Gasteiger partial charge in [-0.05, 0) is 42.3 Å². The van der Waals surface area contributed by atoms with Gasteiger partial charge in [0, 0.05) is 28.3 Å². The van der Waals surface area contributed by atoms with E-state index in [1.54, 1.807) is 13.0 Å². The Labute approximate surface area is 190 Å². The van der Waals surface area contributed by atoms with Gasteiger partial charge < -0.3 is 5.32 Å². The van der Waals surface area contributed by atoms with E-state index < -0.39 is 34.6 Å². The van der Waals surface area contributed by atoms with Crippen molar-refractivity contribution in [1.29, 1.82) is 5.26 Å². The number of alkyl halides is 3. The Hall–Kier alpha value is -3.45. The van der Waals surface area contributed by atoms with Gasteiger partial charge >= 0.3 is 12.2 Å². The van der Waals surface area contributed by atoms with E-state index in [1.807, 2.05) is 6.07 Å². The second-order valence-electron chi connectivity index (χ2n) is 7.55. The quantitative estimate of drug-likeness (QED) is 0.703. The molecule has 1 unspecified atom stereocenters. The summed E-state index contributed by atoms with van der Waals surface area (Å²) in [5.74, 6) is 0.0169. The number of hydrogen-bond donors (Lipinski definition) is 1. The molecule has 0 saturated heterocycles. The molecule has 2 aromatic carbocycles. The lowest BCUT2D eigenvalue weighted by Crippen LogP contribution is -2.47. The van der Waals surface area contributed by atoms with Gasteiger partial charge in [-0.1, -0.05) is 19.1 Å². The smallest absolute Gasteiger partial charge is 0.326 e. The van der Waals surface area contributed by atoms with Crippen molar-refractivity contribution in [2.75, 3.05) is 10.7 Å². The van der Waals surface area contributed by atoms with Gasteiger partial charge in [0.1, 0.15) is 0 Å². The van der Waals surface area contributed by atoms with Crippen molar-refractivity contribution in [2.45, 2.75) is 36.9 Å². The average molecular weight is 473 g/mol. The first-order valence-corrected chi connectivity index (χ1v) is 11.4. The fourth-order valence-corrected chi connectivity index (χ4v) is 5.15. The second-order valence-corrected chi connectivity index (χ2v) is 9.26. The number of benzene rings is 2. The third-order valence-corrected chi connectivity index (χ3v) is 6.99. The Morgan fingerprint density at radius 2 is 1.94 bits per heavy atom. The van der Waals surface area contributed by atoms with Gasteiger partial charge in [-0.3, -0.25) is 13.9 Å². The van der Waals surface area contributed by atoms with E-state index in [2.05, 4.69) is 5.32 Å². The zero-order valence-electron chi connectivity index (χ0n) is 17.4. The maximum absolute atomic E-state index is 13.2. The molecule has 2 aromatic rings. The lowest BCUT2D eigenvalue weighted by atomic mass is 9.94. The van der Waals surface area contributed by atoms with Crippen LogP contribution in [0.4, 0.5) is 23.7 Å². The van der Waals surface area contributed by atoms with E-state index in [-0.39, 0.29) is 41.2 Å².